The molecule has 0 bridgehead atoms. The molecule has 4 atom stereocenters. The predicted molar refractivity (Wildman–Crippen MR) is 128 cm³/mol. The van der Waals surface area contributed by atoms with Crippen LogP contribution in [0.15, 0.2) is 5.38 Å². The Morgan fingerprint density at radius 1 is 1.21 bits per heavy atom. The zero-order chi connectivity index (χ0) is 25.0. The van der Waals surface area contributed by atoms with Crippen LogP contribution in [0.4, 0.5) is 0 Å². The van der Waals surface area contributed by atoms with Gasteiger partial charge in [-0.05, 0) is 24.7 Å². The molecular formula is C23H38N4O5S. The molecule has 0 aliphatic rings. The largest absolute Gasteiger partial charge is 0.376 e. The summed E-state index contributed by atoms with van der Waals surface area (Å²) in [5.74, 6) is -0.694. The summed E-state index contributed by atoms with van der Waals surface area (Å²) < 4.78 is 0. The quantitative estimate of drug-likeness (QED) is 0.244. The average Bonchev–Trinajstić information content (AvgIpc) is 3.27. The van der Waals surface area contributed by atoms with E-state index in [1.54, 1.807) is 12.3 Å². The maximum Gasteiger partial charge on any atom is 0.270 e. The molecule has 1 aromatic heterocycles. The van der Waals surface area contributed by atoms with Gasteiger partial charge in [-0.1, -0.05) is 41.0 Å². The van der Waals surface area contributed by atoms with Gasteiger partial charge in [0.25, 0.3) is 5.91 Å². The van der Waals surface area contributed by atoms with E-state index in [1.165, 1.54) is 16.2 Å². The number of nitrogens with zero attached hydrogens (tertiary/aromatic N) is 2. The summed E-state index contributed by atoms with van der Waals surface area (Å²) >= 11 is 1.37. The van der Waals surface area contributed by atoms with Gasteiger partial charge in [-0.15, -0.1) is 11.3 Å². The van der Waals surface area contributed by atoms with E-state index in [0.29, 0.717) is 44.3 Å². The van der Waals surface area contributed by atoms with E-state index >= 15 is 0 Å². The highest BCUT2D eigenvalue weighted by Crippen LogP contribution is 2.22. The van der Waals surface area contributed by atoms with Crippen molar-refractivity contribution in [2.75, 3.05) is 13.3 Å². The third kappa shape index (κ3) is 8.85. The van der Waals surface area contributed by atoms with Crippen LogP contribution in [0.25, 0.3) is 0 Å². The summed E-state index contributed by atoms with van der Waals surface area (Å²) in [6.45, 7) is 9.55. The molecule has 186 valence electrons. The van der Waals surface area contributed by atoms with Crippen molar-refractivity contribution in [3.63, 3.8) is 0 Å². The summed E-state index contributed by atoms with van der Waals surface area (Å²) in [6.07, 6.45) is 3.77. The zero-order valence-corrected chi connectivity index (χ0v) is 21.1. The number of carbonyl (C=O) groups is 4. The van der Waals surface area contributed by atoms with Crippen LogP contribution >= 0.6 is 11.3 Å². The van der Waals surface area contributed by atoms with Gasteiger partial charge in [0.1, 0.15) is 24.8 Å². The van der Waals surface area contributed by atoms with Crippen molar-refractivity contribution < 1.29 is 24.3 Å². The van der Waals surface area contributed by atoms with Gasteiger partial charge in [0.05, 0.1) is 5.01 Å². The van der Waals surface area contributed by atoms with Crippen molar-refractivity contribution in [3.8, 4) is 0 Å². The lowest BCUT2D eigenvalue weighted by Crippen LogP contribution is -2.54. The van der Waals surface area contributed by atoms with Gasteiger partial charge in [0, 0.05) is 30.3 Å². The molecule has 1 rings (SSSR count). The Labute approximate surface area is 200 Å². The molecule has 3 N–H and O–H groups in total. The smallest absolute Gasteiger partial charge is 0.270 e. The molecule has 3 amide bonds. The SMILES string of the molecule is CCC(C)C(NC=O)C(=O)N(CO)C(CCc1nc(C(=O)NCCC(C)C=O)cs1)C(C)C. The summed E-state index contributed by atoms with van der Waals surface area (Å²) in [6, 6.07) is -0.952. The molecule has 1 heterocycles. The third-order valence-electron chi connectivity index (χ3n) is 5.89. The number of aliphatic hydroxyl groups is 1. The molecule has 10 heteroatoms. The van der Waals surface area contributed by atoms with Gasteiger partial charge in [0.2, 0.25) is 12.3 Å². The number of aliphatic hydroxyl groups excluding tert-OH is 1. The van der Waals surface area contributed by atoms with Gasteiger partial charge in [-0.3, -0.25) is 14.4 Å². The Morgan fingerprint density at radius 2 is 1.91 bits per heavy atom. The molecule has 0 aromatic carbocycles. The number of aryl methyl sites for hydroxylation is 1. The first-order chi connectivity index (χ1) is 15.7. The average molecular weight is 483 g/mol. The normalized spacial score (nSPS) is 14.8. The highest BCUT2D eigenvalue weighted by molar-refractivity contribution is 7.09. The van der Waals surface area contributed by atoms with E-state index in [4.69, 9.17) is 0 Å². The highest BCUT2D eigenvalue weighted by atomic mass is 32.1. The van der Waals surface area contributed by atoms with Crippen LogP contribution in [0.5, 0.6) is 0 Å². The van der Waals surface area contributed by atoms with E-state index in [-0.39, 0.29) is 35.6 Å². The molecule has 0 aliphatic carbocycles. The van der Waals surface area contributed by atoms with Gasteiger partial charge in [-0.2, -0.15) is 0 Å². The number of rotatable bonds is 16. The zero-order valence-electron chi connectivity index (χ0n) is 20.2. The molecule has 0 radical (unpaired) electrons. The first kappa shape index (κ1) is 28.7. The van der Waals surface area contributed by atoms with Crippen LogP contribution in [0.1, 0.15) is 69.4 Å². The number of aromatic nitrogens is 1. The van der Waals surface area contributed by atoms with Crippen molar-refractivity contribution >= 4 is 35.8 Å². The summed E-state index contributed by atoms with van der Waals surface area (Å²) in [4.78, 5) is 53.0. The number of nitrogens with one attached hydrogen (secondary N) is 2. The van der Waals surface area contributed by atoms with Crippen LogP contribution in [0.2, 0.25) is 0 Å². The number of hydrogen-bond acceptors (Lipinski definition) is 7. The maximum atomic E-state index is 13.1. The topological polar surface area (TPSA) is 129 Å². The fraction of sp³-hybridized carbons (Fsp3) is 0.696. The number of amides is 3. The first-order valence-corrected chi connectivity index (χ1v) is 12.4. The second-order valence-electron chi connectivity index (χ2n) is 8.73. The molecule has 33 heavy (non-hydrogen) atoms. The van der Waals surface area contributed by atoms with E-state index in [1.807, 2.05) is 27.7 Å². The van der Waals surface area contributed by atoms with Crippen molar-refractivity contribution in [2.24, 2.45) is 17.8 Å². The van der Waals surface area contributed by atoms with E-state index in [2.05, 4.69) is 15.6 Å². The van der Waals surface area contributed by atoms with Crippen molar-refractivity contribution in [3.05, 3.63) is 16.1 Å². The minimum Gasteiger partial charge on any atom is -0.376 e. The van der Waals surface area contributed by atoms with Crippen LogP contribution in [-0.2, 0) is 20.8 Å². The van der Waals surface area contributed by atoms with Crippen molar-refractivity contribution in [1.29, 1.82) is 0 Å². The lowest BCUT2D eigenvalue weighted by molar-refractivity contribution is -0.144. The molecule has 0 fully saturated rings. The summed E-state index contributed by atoms with van der Waals surface area (Å²) in [5.41, 5.74) is 0.331. The Morgan fingerprint density at radius 3 is 2.45 bits per heavy atom. The van der Waals surface area contributed by atoms with Crippen molar-refractivity contribution in [2.45, 2.75) is 72.4 Å². The van der Waals surface area contributed by atoms with Crippen LogP contribution in [-0.4, -0.2) is 64.9 Å². The summed E-state index contributed by atoms with van der Waals surface area (Å²) in [7, 11) is 0. The molecule has 4 unspecified atom stereocenters. The van der Waals surface area contributed by atoms with Crippen molar-refractivity contribution in [1.82, 2.24) is 20.5 Å². The van der Waals surface area contributed by atoms with E-state index < -0.39 is 12.8 Å². The molecule has 0 saturated carbocycles. The van der Waals surface area contributed by atoms with E-state index in [9.17, 15) is 24.3 Å². The van der Waals surface area contributed by atoms with Gasteiger partial charge >= 0.3 is 0 Å². The Bertz CT molecular complexity index is 770. The second-order valence-corrected chi connectivity index (χ2v) is 9.67. The molecular weight excluding hydrogens is 444 g/mol. The molecule has 9 nitrogen and oxygen atoms in total. The number of aldehydes is 1. The third-order valence-corrected chi connectivity index (χ3v) is 6.80. The van der Waals surface area contributed by atoms with Gasteiger partial charge < -0.3 is 25.4 Å². The second kappa shape index (κ2) is 14.7. The molecule has 1 aromatic rings. The fourth-order valence-corrected chi connectivity index (χ4v) is 4.32. The summed E-state index contributed by atoms with van der Waals surface area (Å²) in [5, 5.41) is 17.8. The van der Waals surface area contributed by atoms with Gasteiger partial charge in [0.15, 0.2) is 0 Å². The van der Waals surface area contributed by atoms with E-state index in [0.717, 1.165) is 11.3 Å². The number of hydrogen-bond donors (Lipinski definition) is 3. The Balaban J connectivity index is 2.82. The van der Waals surface area contributed by atoms with Crippen LogP contribution in [0, 0.1) is 17.8 Å². The van der Waals surface area contributed by atoms with Gasteiger partial charge in [-0.25, -0.2) is 4.98 Å². The maximum absolute atomic E-state index is 13.1. The fourth-order valence-electron chi connectivity index (χ4n) is 3.53. The number of carbonyl (C=O) groups excluding carboxylic acids is 4. The lowest BCUT2D eigenvalue weighted by Gasteiger charge is -2.36. The molecule has 0 saturated heterocycles. The predicted octanol–water partition coefficient (Wildman–Crippen LogP) is 1.99. The minimum absolute atomic E-state index is 0.0671. The Kier molecular flexibility index (Phi) is 12.8. The highest BCUT2D eigenvalue weighted by Gasteiger charge is 2.33. The Hall–Kier alpha value is -2.33. The lowest BCUT2D eigenvalue weighted by atomic mass is 9.94. The monoisotopic (exact) mass is 482 g/mol. The molecule has 0 spiro atoms. The number of thiazole rings is 1. The standard InChI is InChI=1S/C23H38N4O5S/c1-6-17(5)21(25-13-29)23(32)27(14-30)19(15(2)3)7-8-20-26-18(12-33-20)22(31)24-10-9-16(4)11-28/h11-13,15-17,19,21,30H,6-10,14H2,1-5H3,(H,24,31)(H,25,29). The van der Waals surface area contributed by atoms with Crippen LogP contribution < -0.4 is 10.6 Å². The minimum atomic E-state index is -0.696. The first-order valence-electron chi connectivity index (χ1n) is 11.5. The molecule has 0 aliphatic heterocycles. The van der Waals surface area contributed by atoms with Crippen LogP contribution in [0.3, 0.4) is 0 Å².